The number of anilines is 1. The molecular formula is C19H17Cl2NO2. The van der Waals surface area contributed by atoms with Crippen molar-refractivity contribution >= 4 is 40.4 Å². The van der Waals surface area contributed by atoms with Crippen molar-refractivity contribution in [2.24, 2.45) is 0 Å². The molecule has 1 unspecified atom stereocenters. The van der Waals surface area contributed by atoms with Gasteiger partial charge in [0.05, 0.1) is 0 Å². The van der Waals surface area contributed by atoms with Gasteiger partial charge in [-0.25, -0.2) is 4.79 Å². The van der Waals surface area contributed by atoms with Crippen LogP contribution in [-0.2, 0) is 9.53 Å². The second-order valence-corrected chi connectivity index (χ2v) is 7.08. The molecule has 24 heavy (non-hydrogen) atoms. The van der Waals surface area contributed by atoms with Crippen LogP contribution in [0.4, 0.5) is 5.69 Å². The van der Waals surface area contributed by atoms with E-state index in [2.05, 4.69) is 0 Å². The summed E-state index contributed by atoms with van der Waals surface area (Å²) in [4.78, 5) is 14.2. The summed E-state index contributed by atoms with van der Waals surface area (Å²) in [7, 11) is 1.87. The molecule has 124 valence electrons. The van der Waals surface area contributed by atoms with E-state index in [1.54, 1.807) is 6.92 Å². The first-order valence-electron chi connectivity index (χ1n) is 7.57. The normalized spacial score (nSPS) is 19.8. The zero-order valence-corrected chi connectivity index (χ0v) is 14.9. The van der Waals surface area contributed by atoms with Gasteiger partial charge in [0, 0.05) is 18.3 Å². The lowest BCUT2D eigenvalue weighted by Crippen LogP contribution is -2.53. The molecule has 1 heterocycles. The van der Waals surface area contributed by atoms with Gasteiger partial charge in [-0.15, -0.1) is 0 Å². The lowest BCUT2D eigenvalue weighted by Gasteiger charge is -2.41. The molecule has 0 fully saturated rings. The number of rotatable bonds is 3. The molecule has 2 aromatic rings. The molecule has 0 saturated carbocycles. The van der Waals surface area contributed by atoms with Crippen molar-refractivity contribution in [3.8, 4) is 0 Å². The molecule has 1 atom stereocenters. The van der Waals surface area contributed by atoms with Gasteiger partial charge in [-0.2, -0.15) is 0 Å². The molecule has 3 rings (SSSR count). The Kier molecular flexibility index (Phi) is 4.57. The van der Waals surface area contributed by atoms with E-state index in [9.17, 15) is 4.79 Å². The minimum absolute atomic E-state index is 0.510. The van der Waals surface area contributed by atoms with Crippen molar-refractivity contribution in [3.05, 3.63) is 72.0 Å². The molecule has 0 spiro atoms. The molecule has 2 aromatic carbocycles. The quantitative estimate of drug-likeness (QED) is 0.588. The maximum atomic E-state index is 12.3. The van der Waals surface area contributed by atoms with E-state index < -0.39 is 16.3 Å². The van der Waals surface area contributed by atoms with Gasteiger partial charge in [0.25, 0.3) is 0 Å². The van der Waals surface area contributed by atoms with Crippen LogP contribution in [0.25, 0.3) is 5.57 Å². The molecule has 5 heteroatoms. The second kappa shape index (κ2) is 6.50. The van der Waals surface area contributed by atoms with Crippen LogP contribution in [0.3, 0.4) is 0 Å². The summed E-state index contributed by atoms with van der Waals surface area (Å²) in [6.45, 7) is 1.76. The van der Waals surface area contributed by atoms with Crippen molar-refractivity contribution in [2.45, 2.75) is 17.3 Å². The Morgan fingerprint density at radius 3 is 2.12 bits per heavy atom. The summed E-state index contributed by atoms with van der Waals surface area (Å²) in [6, 6.07) is 18.8. The lowest BCUT2D eigenvalue weighted by atomic mass is 9.91. The number of esters is 1. The number of carbonyl (C=O) groups is 1. The predicted molar refractivity (Wildman–Crippen MR) is 98.2 cm³/mol. The van der Waals surface area contributed by atoms with Crippen molar-refractivity contribution in [3.63, 3.8) is 0 Å². The first-order chi connectivity index (χ1) is 11.4. The number of para-hydroxylation sites is 1. The van der Waals surface area contributed by atoms with E-state index in [1.807, 2.05) is 72.6 Å². The van der Waals surface area contributed by atoms with Gasteiger partial charge >= 0.3 is 5.97 Å². The number of alkyl halides is 2. The lowest BCUT2D eigenvalue weighted by molar-refractivity contribution is -0.141. The Bertz CT molecular complexity index is 772. The Hall–Kier alpha value is -1.97. The van der Waals surface area contributed by atoms with E-state index in [0.29, 0.717) is 5.76 Å². The Morgan fingerprint density at radius 2 is 1.54 bits per heavy atom. The van der Waals surface area contributed by atoms with Gasteiger partial charge in [-0.1, -0.05) is 71.7 Å². The fourth-order valence-corrected chi connectivity index (χ4v) is 3.56. The van der Waals surface area contributed by atoms with Gasteiger partial charge in [0.2, 0.25) is 4.33 Å². The molecular weight excluding hydrogens is 345 g/mol. The van der Waals surface area contributed by atoms with Crippen molar-refractivity contribution in [1.29, 1.82) is 0 Å². The monoisotopic (exact) mass is 361 g/mol. The van der Waals surface area contributed by atoms with Gasteiger partial charge in [0.15, 0.2) is 0 Å². The highest BCUT2D eigenvalue weighted by molar-refractivity contribution is 6.59. The number of carbonyl (C=O) groups excluding carboxylic acids is 1. The van der Waals surface area contributed by atoms with Crippen LogP contribution >= 0.6 is 23.2 Å². The van der Waals surface area contributed by atoms with Crippen molar-refractivity contribution < 1.29 is 9.53 Å². The third kappa shape index (κ3) is 2.90. The Morgan fingerprint density at radius 1 is 1.00 bits per heavy atom. The van der Waals surface area contributed by atoms with Crippen LogP contribution < -0.4 is 4.90 Å². The summed E-state index contributed by atoms with van der Waals surface area (Å²) in [5.74, 6) is -0.147. The van der Waals surface area contributed by atoms with Gasteiger partial charge in [-0.05, 0) is 24.6 Å². The molecule has 0 bridgehead atoms. The van der Waals surface area contributed by atoms with Gasteiger partial charge in [-0.3, -0.25) is 0 Å². The third-order valence-electron chi connectivity index (χ3n) is 4.15. The second-order valence-electron chi connectivity index (χ2n) is 5.70. The molecule has 0 radical (unpaired) electrons. The van der Waals surface area contributed by atoms with E-state index >= 15 is 0 Å². The van der Waals surface area contributed by atoms with Gasteiger partial charge in [0.1, 0.15) is 11.8 Å². The van der Waals surface area contributed by atoms with Crippen molar-refractivity contribution in [2.75, 3.05) is 11.9 Å². The molecule has 0 amide bonds. The molecule has 1 aliphatic rings. The van der Waals surface area contributed by atoms with E-state index in [-0.39, 0.29) is 0 Å². The standard InChI is InChI=1S/C19H17Cl2NO2/c1-13-16(14-9-5-3-6-10-14)17(19(20,21)18(23)24-13)22(2)15-11-7-4-8-12-15/h3-12,17H,1-2H3. The average Bonchev–Trinajstić information content (AvgIpc) is 2.59. The number of cyclic esters (lactones) is 1. The number of likely N-dealkylation sites (N-methyl/N-ethyl adjacent to an activating group) is 1. The highest BCUT2D eigenvalue weighted by atomic mass is 35.5. The van der Waals surface area contributed by atoms with Crippen LogP contribution in [0.1, 0.15) is 12.5 Å². The topological polar surface area (TPSA) is 29.5 Å². The first kappa shape index (κ1) is 16.9. The minimum atomic E-state index is -1.71. The van der Waals surface area contributed by atoms with E-state index in [0.717, 1.165) is 16.8 Å². The molecule has 3 nitrogen and oxygen atoms in total. The first-order valence-corrected chi connectivity index (χ1v) is 8.32. The van der Waals surface area contributed by atoms with Crippen LogP contribution in [0.2, 0.25) is 0 Å². The molecule has 1 aliphatic heterocycles. The van der Waals surface area contributed by atoms with E-state index in [1.165, 1.54) is 0 Å². The van der Waals surface area contributed by atoms with Crippen LogP contribution in [0.5, 0.6) is 0 Å². The summed E-state index contributed by atoms with van der Waals surface area (Å²) in [6.07, 6.45) is 0. The van der Waals surface area contributed by atoms with Crippen LogP contribution in [0, 0.1) is 0 Å². The fraction of sp³-hybridized carbons (Fsp3) is 0.211. The average molecular weight is 362 g/mol. The molecule has 0 aliphatic carbocycles. The van der Waals surface area contributed by atoms with Crippen LogP contribution in [-0.4, -0.2) is 23.4 Å². The van der Waals surface area contributed by atoms with Gasteiger partial charge < -0.3 is 9.64 Å². The number of hydrogen-bond donors (Lipinski definition) is 0. The van der Waals surface area contributed by atoms with E-state index in [4.69, 9.17) is 27.9 Å². The number of benzene rings is 2. The predicted octanol–water partition coefficient (Wildman–Crippen LogP) is 4.65. The number of ether oxygens (including phenoxy) is 1. The molecule has 0 aromatic heterocycles. The minimum Gasteiger partial charge on any atom is -0.429 e. The summed E-state index contributed by atoms with van der Waals surface area (Å²) < 4.78 is 3.62. The molecule has 0 N–H and O–H groups in total. The maximum absolute atomic E-state index is 12.3. The highest BCUT2D eigenvalue weighted by Gasteiger charge is 2.52. The third-order valence-corrected chi connectivity index (χ3v) is 4.87. The number of allylic oxidation sites excluding steroid dienone is 1. The zero-order chi connectivity index (χ0) is 17.3. The molecule has 0 saturated heterocycles. The highest BCUT2D eigenvalue weighted by Crippen LogP contribution is 2.44. The smallest absolute Gasteiger partial charge is 0.350 e. The number of nitrogens with zero attached hydrogens (tertiary/aromatic N) is 1. The Labute approximate surface area is 151 Å². The number of halogens is 2. The van der Waals surface area contributed by atoms with Crippen LogP contribution in [0.15, 0.2) is 66.4 Å². The zero-order valence-electron chi connectivity index (χ0n) is 13.4. The van der Waals surface area contributed by atoms with Crippen molar-refractivity contribution in [1.82, 2.24) is 0 Å². The summed E-state index contributed by atoms with van der Waals surface area (Å²) in [5, 5.41) is 0. The maximum Gasteiger partial charge on any atom is 0.350 e. The largest absolute Gasteiger partial charge is 0.429 e. The summed E-state index contributed by atoms with van der Waals surface area (Å²) >= 11 is 12.9. The number of hydrogen-bond acceptors (Lipinski definition) is 3. The summed E-state index contributed by atoms with van der Waals surface area (Å²) in [5.41, 5.74) is 2.62. The SMILES string of the molecule is CC1=C(c2ccccc2)C(N(C)c2ccccc2)C(Cl)(Cl)C(=O)O1. The fourth-order valence-electron chi connectivity index (χ4n) is 2.98. The Balaban J connectivity index is 2.16.